The molecule has 3 rings (SSSR count). The van der Waals surface area contributed by atoms with Gasteiger partial charge in [0.05, 0.1) is 0 Å². The molecule has 1 atom stereocenters. The lowest BCUT2D eigenvalue weighted by Gasteiger charge is -2.25. The highest BCUT2D eigenvalue weighted by Gasteiger charge is 2.25. The van der Waals surface area contributed by atoms with Crippen molar-refractivity contribution < 1.29 is 4.79 Å². The van der Waals surface area contributed by atoms with E-state index in [1.807, 2.05) is 47.4 Å². The first-order valence-corrected chi connectivity index (χ1v) is 7.87. The van der Waals surface area contributed by atoms with Gasteiger partial charge >= 0.3 is 0 Å². The molecule has 1 amide bonds. The van der Waals surface area contributed by atoms with Gasteiger partial charge in [0, 0.05) is 32.4 Å². The summed E-state index contributed by atoms with van der Waals surface area (Å²) in [6, 6.07) is 12.7. The summed E-state index contributed by atoms with van der Waals surface area (Å²) in [7, 11) is 0. The van der Waals surface area contributed by atoms with Gasteiger partial charge in [0.25, 0.3) is 0 Å². The highest BCUT2D eigenvalue weighted by Crippen LogP contribution is 2.16. The molecular weight excluding hydrogens is 326 g/mol. The second kappa shape index (κ2) is 8.61. The van der Waals surface area contributed by atoms with Crippen molar-refractivity contribution in [2.24, 2.45) is 5.73 Å². The average molecular weight is 348 g/mol. The Morgan fingerprint density at radius 1 is 1.04 bits per heavy atom. The molecule has 24 heavy (non-hydrogen) atoms. The largest absolute Gasteiger partial charge is 0.353 e. The molecular formula is C17H22ClN5O. The Morgan fingerprint density at radius 2 is 1.83 bits per heavy atom. The molecule has 1 aliphatic heterocycles. The van der Waals surface area contributed by atoms with Gasteiger partial charge in [0.2, 0.25) is 5.91 Å². The first-order chi connectivity index (χ1) is 11.3. The van der Waals surface area contributed by atoms with E-state index in [1.54, 1.807) is 6.20 Å². The number of rotatable bonds is 3. The Morgan fingerprint density at radius 3 is 2.54 bits per heavy atom. The van der Waals surface area contributed by atoms with E-state index in [1.165, 1.54) is 0 Å². The molecule has 1 saturated heterocycles. The summed E-state index contributed by atoms with van der Waals surface area (Å²) in [6.07, 6.45) is 2.56. The van der Waals surface area contributed by atoms with Crippen molar-refractivity contribution >= 4 is 24.1 Å². The van der Waals surface area contributed by atoms with Crippen molar-refractivity contribution in [1.82, 2.24) is 15.1 Å². The number of nitrogens with two attached hydrogens (primary N) is 1. The lowest BCUT2D eigenvalue weighted by molar-refractivity contribution is -0.132. The van der Waals surface area contributed by atoms with Crippen molar-refractivity contribution in [3.05, 3.63) is 54.2 Å². The van der Waals surface area contributed by atoms with Crippen LogP contribution in [0.25, 0.3) is 0 Å². The van der Waals surface area contributed by atoms with Crippen LogP contribution in [0, 0.1) is 0 Å². The number of hydrogen-bond acceptors (Lipinski definition) is 5. The molecule has 1 fully saturated rings. The number of aromatic nitrogens is 2. The molecule has 2 aromatic rings. The normalized spacial score (nSPS) is 16.0. The average Bonchev–Trinajstić information content (AvgIpc) is 2.88. The molecule has 7 heteroatoms. The lowest BCUT2D eigenvalue weighted by Crippen LogP contribution is -2.40. The number of hydrogen-bond donors (Lipinski definition) is 1. The Hall–Kier alpha value is -2.18. The Labute approximate surface area is 148 Å². The lowest BCUT2D eigenvalue weighted by atomic mass is 10.1. The molecule has 1 aromatic carbocycles. The van der Waals surface area contributed by atoms with Crippen LogP contribution in [0.3, 0.4) is 0 Å². The summed E-state index contributed by atoms with van der Waals surface area (Å²) < 4.78 is 0. The zero-order valence-corrected chi connectivity index (χ0v) is 14.2. The van der Waals surface area contributed by atoms with Crippen molar-refractivity contribution in [3.8, 4) is 0 Å². The summed E-state index contributed by atoms with van der Waals surface area (Å²) in [5.41, 5.74) is 6.99. The molecule has 1 aromatic heterocycles. The van der Waals surface area contributed by atoms with Crippen LogP contribution in [-0.2, 0) is 4.79 Å². The molecule has 0 saturated carbocycles. The molecule has 0 radical (unpaired) electrons. The zero-order valence-electron chi connectivity index (χ0n) is 13.4. The second-order valence-electron chi connectivity index (χ2n) is 5.64. The van der Waals surface area contributed by atoms with Crippen molar-refractivity contribution in [2.45, 2.75) is 12.5 Å². The quantitative estimate of drug-likeness (QED) is 0.913. The van der Waals surface area contributed by atoms with Gasteiger partial charge in [0.15, 0.2) is 5.82 Å². The minimum Gasteiger partial charge on any atom is -0.353 e. The van der Waals surface area contributed by atoms with Crippen LogP contribution in [0.4, 0.5) is 5.82 Å². The van der Waals surface area contributed by atoms with Gasteiger partial charge in [-0.15, -0.1) is 17.5 Å². The fraction of sp³-hybridized carbons (Fsp3) is 0.353. The van der Waals surface area contributed by atoms with Crippen LogP contribution in [0.1, 0.15) is 18.0 Å². The van der Waals surface area contributed by atoms with E-state index in [0.717, 1.165) is 37.4 Å². The second-order valence-corrected chi connectivity index (χ2v) is 5.64. The van der Waals surface area contributed by atoms with Crippen LogP contribution < -0.4 is 10.6 Å². The standard InChI is InChI=1S/C17H21N5O.ClH/c18-16(14-6-2-1-3-7-14)17(23)22-11-5-10-21(12-13-22)15-8-4-9-19-20-15;/h1-4,6-9,16H,5,10-13,18H2;1H. The molecule has 0 aliphatic carbocycles. The van der Waals surface area contributed by atoms with Crippen molar-refractivity contribution in [3.63, 3.8) is 0 Å². The van der Waals surface area contributed by atoms with Gasteiger partial charge in [-0.25, -0.2) is 0 Å². The fourth-order valence-corrected chi connectivity index (χ4v) is 2.83. The van der Waals surface area contributed by atoms with E-state index in [-0.39, 0.29) is 18.3 Å². The maximum Gasteiger partial charge on any atom is 0.244 e. The summed E-state index contributed by atoms with van der Waals surface area (Å²) in [5.74, 6) is 0.839. The maximum atomic E-state index is 12.6. The number of carbonyl (C=O) groups is 1. The van der Waals surface area contributed by atoms with E-state index >= 15 is 0 Å². The van der Waals surface area contributed by atoms with Gasteiger partial charge < -0.3 is 15.5 Å². The number of benzene rings is 1. The third-order valence-corrected chi connectivity index (χ3v) is 4.11. The SMILES string of the molecule is Cl.NC(C(=O)N1CCCN(c2cccnn2)CC1)c1ccccc1. The van der Waals surface area contributed by atoms with E-state index in [2.05, 4.69) is 15.1 Å². The summed E-state index contributed by atoms with van der Waals surface area (Å²) in [5, 5.41) is 8.06. The third-order valence-electron chi connectivity index (χ3n) is 4.11. The fourth-order valence-electron chi connectivity index (χ4n) is 2.83. The van der Waals surface area contributed by atoms with Gasteiger partial charge in [-0.05, 0) is 24.1 Å². The van der Waals surface area contributed by atoms with Gasteiger partial charge in [-0.3, -0.25) is 4.79 Å². The number of amides is 1. The molecule has 0 spiro atoms. The van der Waals surface area contributed by atoms with Crippen LogP contribution >= 0.6 is 12.4 Å². The molecule has 0 bridgehead atoms. The highest BCUT2D eigenvalue weighted by atomic mass is 35.5. The van der Waals surface area contributed by atoms with E-state index < -0.39 is 6.04 Å². The zero-order chi connectivity index (χ0) is 16.1. The molecule has 1 unspecified atom stereocenters. The summed E-state index contributed by atoms with van der Waals surface area (Å²) in [4.78, 5) is 16.7. The molecule has 6 nitrogen and oxygen atoms in total. The van der Waals surface area contributed by atoms with Crippen LogP contribution in [0.5, 0.6) is 0 Å². The Balaban J connectivity index is 0.00000208. The number of anilines is 1. The van der Waals surface area contributed by atoms with Crippen LogP contribution in [-0.4, -0.2) is 47.2 Å². The number of nitrogens with zero attached hydrogens (tertiary/aromatic N) is 4. The molecule has 1 aliphatic rings. The van der Waals surface area contributed by atoms with Crippen molar-refractivity contribution in [2.75, 3.05) is 31.1 Å². The minimum absolute atomic E-state index is 0. The highest BCUT2D eigenvalue weighted by molar-refractivity contribution is 5.85. The van der Waals surface area contributed by atoms with Gasteiger partial charge in [-0.1, -0.05) is 30.3 Å². The van der Waals surface area contributed by atoms with E-state index in [9.17, 15) is 4.79 Å². The van der Waals surface area contributed by atoms with Crippen LogP contribution in [0.2, 0.25) is 0 Å². The first-order valence-electron chi connectivity index (χ1n) is 7.87. The Bertz CT molecular complexity index is 640. The first kappa shape index (κ1) is 18.2. The predicted molar refractivity (Wildman–Crippen MR) is 96.1 cm³/mol. The van der Waals surface area contributed by atoms with E-state index in [4.69, 9.17) is 5.73 Å². The topological polar surface area (TPSA) is 75.4 Å². The predicted octanol–water partition coefficient (Wildman–Crippen LogP) is 1.64. The number of carbonyl (C=O) groups excluding carboxylic acids is 1. The molecule has 2 heterocycles. The Kier molecular flexibility index (Phi) is 6.52. The smallest absolute Gasteiger partial charge is 0.244 e. The van der Waals surface area contributed by atoms with Gasteiger partial charge in [0.1, 0.15) is 6.04 Å². The molecule has 128 valence electrons. The van der Waals surface area contributed by atoms with Crippen LogP contribution in [0.15, 0.2) is 48.7 Å². The summed E-state index contributed by atoms with van der Waals surface area (Å²) in [6.45, 7) is 2.97. The third kappa shape index (κ3) is 4.21. The maximum absolute atomic E-state index is 12.6. The minimum atomic E-state index is -0.598. The van der Waals surface area contributed by atoms with Crippen molar-refractivity contribution in [1.29, 1.82) is 0 Å². The number of halogens is 1. The van der Waals surface area contributed by atoms with E-state index in [0.29, 0.717) is 6.54 Å². The summed E-state index contributed by atoms with van der Waals surface area (Å²) >= 11 is 0. The molecule has 2 N–H and O–H groups in total. The monoisotopic (exact) mass is 347 g/mol. The van der Waals surface area contributed by atoms with Gasteiger partial charge in [-0.2, -0.15) is 5.10 Å².